The van der Waals surface area contributed by atoms with Gasteiger partial charge in [-0.15, -0.1) is 0 Å². The fourth-order valence-corrected chi connectivity index (χ4v) is 4.40. The van der Waals surface area contributed by atoms with E-state index in [9.17, 15) is 23.8 Å². The van der Waals surface area contributed by atoms with Gasteiger partial charge in [0.2, 0.25) is 5.91 Å². The van der Waals surface area contributed by atoms with E-state index in [1.54, 1.807) is 6.07 Å². The number of nitrogens with one attached hydrogen (secondary N) is 3. The Morgan fingerprint density at radius 3 is 2.45 bits per heavy atom. The van der Waals surface area contributed by atoms with E-state index in [-0.39, 0.29) is 25.2 Å². The first-order valence-electron chi connectivity index (χ1n) is 12.6. The molecule has 3 aromatic carbocycles. The number of benzene rings is 3. The topological polar surface area (TPSA) is 110 Å². The third-order valence-electron chi connectivity index (χ3n) is 6.37. The molecular weight excluding hydrogens is 490 g/mol. The lowest BCUT2D eigenvalue weighted by Crippen LogP contribution is -2.49. The number of rotatable bonds is 12. The Hall–Kier alpha value is -3.66. The molecule has 0 spiro atoms. The van der Waals surface area contributed by atoms with Crippen LogP contribution in [0, 0.1) is 11.6 Å². The zero-order valence-electron chi connectivity index (χ0n) is 21.1. The lowest BCUT2D eigenvalue weighted by Gasteiger charge is -2.25. The molecule has 0 saturated heterocycles. The van der Waals surface area contributed by atoms with E-state index in [1.165, 1.54) is 17.7 Å². The number of nitrogens with zero attached hydrogens (tertiary/aromatic N) is 1. The van der Waals surface area contributed by atoms with Crippen molar-refractivity contribution in [2.45, 2.75) is 51.0 Å². The average molecular weight is 523 g/mol. The molecule has 1 aromatic heterocycles. The third kappa shape index (κ3) is 7.44. The largest absolute Gasteiger partial charge is 0.390 e. The van der Waals surface area contributed by atoms with Crippen molar-refractivity contribution in [2.24, 2.45) is 0 Å². The molecule has 0 aliphatic rings. The van der Waals surface area contributed by atoms with Gasteiger partial charge in [-0.3, -0.25) is 4.79 Å². The summed E-state index contributed by atoms with van der Waals surface area (Å²) in [6, 6.07) is 17.6. The van der Waals surface area contributed by atoms with Crippen molar-refractivity contribution in [1.82, 2.24) is 20.6 Å². The van der Waals surface area contributed by atoms with Crippen molar-refractivity contribution in [1.29, 1.82) is 0 Å². The molecule has 0 bridgehead atoms. The molecule has 1 amide bonds. The predicted molar refractivity (Wildman–Crippen MR) is 141 cm³/mol. The van der Waals surface area contributed by atoms with E-state index in [0.29, 0.717) is 17.6 Å². The van der Waals surface area contributed by atoms with Crippen LogP contribution in [0.25, 0.3) is 11.0 Å². The van der Waals surface area contributed by atoms with Gasteiger partial charge in [-0.2, -0.15) is 0 Å². The number of aromatic amines is 1. The Bertz CT molecular complexity index is 1320. The first kappa shape index (κ1) is 27.4. The molecule has 7 nitrogen and oxygen atoms in total. The molecule has 5 N–H and O–H groups in total. The second-order valence-electron chi connectivity index (χ2n) is 9.39. The van der Waals surface area contributed by atoms with Crippen molar-refractivity contribution >= 4 is 16.9 Å². The van der Waals surface area contributed by atoms with E-state index >= 15 is 0 Å². The van der Waals surface area contributed by atoms with Crippen LogP contribution in [0.15, 0.2) is 66.7 Å². The monoisotopic (exact) mass is 522 g/mol. The van der Waals surface area contributed by atoms with Crippen LogP contribution in [0.1, 0.15) is 42.0 Å². The van der Waals surface area contributed by atoms with Crippen LogP contribution in [0.2, 0.25) is 0 Å². The Morgan fingerprint density at radius 1 is 0.974 bits per heavy atom. The maximum Gasteiger partial charge on any atom is 0.223 e. The lowest BCUT2D eigenvalue weighted by molar-refractivity contribution is -0.124. The zero-order chi connectivity index (χ0) is 27.1. The number of aliphatic hydroxyl groups excluding tert-OH is 2. The molecule has 0 saturated carbocycles. The highest BCUT2D eigenvalue weighted by atomic mass is 19.1. The van der Waals surface area contributed by atoms with Gasteiger partial charge in [-0.05, 0) is 53.8 Å². The number of fused-ring (bicyclic) bond motifs is 1. The van der Waals surface area contributed by atoms with Crippen LogP contribution < -0.4 is 10.6 Å². The Labute approximate surface area is 219 Å². The molecule has 4 rings (SSSR count). The smallest absolute Gasteiger partial charge is 0.223 e. The Morgan fingerprint density at radius 2 is 1.71 bits per heavy atom. The number of H-pyrrole nitrogens is 1. The van der Waals surface area contributed by atoms with E-state index in [1.807, 2.05) is 36.4 Å². The SMILES string of the molecule is CCc1cccc(CNC[C@H](O)[C@H](Cc2cc(F)cc(F)c2)NC(=O)CC(O)c2nc3ccccc3[nH]2)c1. The van der Waals surface area contributed by atoms with Crippen molar-refractivity contribution in [3.63, 3.8) is 0 Å². The fraction of sp³-hybridized carbons (Fsp3) is 0.310. The van der Waals surface area contributed by atoms with Crippen molar-refractivity contribution in [3.8, 4) is 0 Å². The average Bonchev–Trinajstić information content (AvgIpc) is 3.32. The Balaban J connectivity index is 1.41. The van der Waals surface area contributed by atoms with Gasteiger partial charge in [0.05, 0.1) is 29.6 Å². The summed E-state index contributed by atoms with van der Waals surface area (Å²) < 4.78 is 27.6. The van der Waals surface area contributed by atoms with Crippen LogP contribution in [0.4, 0.5) is 8.78 Å². The second-order valence-corrected chi connectivity index (χ2v) is 9.39. The van der Waals surface area contributed by atoms with Crippen LogP contribution >= 0.6 is 0 Å². The number of hydrogen-bond donors (Lipinski definition) is 5. The fourth-order valence-electron chi connectivity index (χ4n) is 4.40. The number of aryl methyl sites for hydroxylation is 1. The quantitative estimate of drug-likeness (QED) is 0.195. The minimum absolute atomic E-state index is 0.00464. The van der Waals surface area contributed by atoms with E-state index in [4.69, 9.17) is 0 Å². The van der Waals surface area contributed by atoms with Gasteiger partial charge in [0, 0.05) is 19.2 Å². The number of hydrogen-bond acceptors (Lipinski definition) is 5. The van der Waals surface area contributed by atoms with Crippen molar-refractivity contribution in [2.75, 3.05) is 6.54 Å². The molecule has 0 aliphatic carbocycles. The van der Waals surface area contributed by atoms with Gasteiger partial charge >= 0.3 is 0 Å². The second kappa shape index (κ2) is 12.7. The number of para-hydroxylation sites is 2. The minimum Gasteiger partial charge on any atom is -0.390 e. The first-order valence-corrected chi connectivity index (χ1v) is 12.6. The number of aromatic nitrogens is 2. The highest BCUT2D eigenvalue weighted by Crippen LogP contribution is 2.19. The van der Waals surface area contributed by atoms with Crippen LogP contribution in [-0.4, -0.2) is 44.8 Å². The van der Waals surface area contributed by atoms with Crippen molar-refractivity contribution < 1.29 is 23.8 Å². The van der Waals surface area contributed by atoms with Crippen LogP contribution in [0.5, 0.6) is 0 Å². The summed E-state index contributed by atoms with van der Waals surface area (Å²) >= 11 is 0. The summed E-state index contributed by atoms with van der Waals surface area (Å²) in [7, 11) is 0. The summed E-state index contributed by atoms with van der Waals surface area (Å²) in [5.74, 6) is -1.77. The van der Waals surface area contributed by atoms with Gasteiger partial charge in [0.1, 0.15) is 23.6 Å². The van der Waals surface area contributed by atoms with Gasteiger partial charge in [-0.1, -0.05) is 43.3 Å². The number of imidazole rings is 1. The van der Waals surface area contributed by atoms with Gasteiger partial charge in [0.25, 0.3) is 0 Å². The maximum atomic E-state index is 13.8. The molecule has 4 aromatic rings. The van der Waals surface area contributed by atoms with Gasteiger partial charge in [-0.25, -0.2) is 13.8 Å². The highest BCUT2D eigenvalue weighted by molar-refractivity contribution is 5.78. The molecule has 0 radical (unpaired) electrons. The number of aliphatic hydroxyl groups is 2. The summed E-state index contributed by atoms with van der Waals surface area (Å²) in [6.45, 7) is 2.71. The van der Waals surface area contributed by atoms with E-state index < -0.39 is 35.8 Å². The number of carbonyl (C=O) groups is 1. The first-order chi connectivity index (χ1) is 18.3. The molecule has 1 heterocycles. The molecular formula is C29H32F2N4O3. The third-order valence-corrected chi connectivity index (χ3v) is 6.37. The normalized spacial score (nSPS) is 13.8. The molecule has 200 valence electrons. The van der Waals surface area contributed by atoms with Crippen LogP contribution in [-0.2, 0) is 24.2 Å². The summed E-state index contributed by atoms with van der Waals surface area (Å²) in [5, 5.41) is 27.4. The molecule has 1 unspecified atom stereocenters. The summed E-state index contributed by atoms with van der Waals surface area (Å²) in [4.78, 5) is 20.2. The van der Waals surface area contributed by atoms with E-state index in [2.05, 4.69) is 33.6 Å². The number of carbonyl (C=O) groups excluding carboxylic acids is 1. The zero-order valence-corrected chi connectivity index (χ0v) is 21.1. The molecule has 0 aliphatic heterocycles. The predicted octanol–water partition coefficient (Wildman–Crippen LogP) is 3.71. The Kier molecular flexibility index (Phi) is 9.17. The number of halogens is 2. The van der Waals surface area contributed by atoms with Gasteiger partial charge < -0.3 is 25.8 Å². The molecule has 0 fully saturated rings. The molecule has 3 atom stereocenters. The standard InChI is InChI=1S/C29H32F2N4O3/c1-2-18-6-5-7-19(10-18)16-32-17-27(37)25(13-20-11-21(30)14-22(31)12-20)33-28(38)15-26(36)29-34-23-8-3-4-9-24(23)35-29/h3-12,14,25-27,32,36-37H,2,13,15-17H2,1H3,(H,33,38)(H,34,35)/t25-,26?,27-/m0/s1. The van der Waals surface area contributed by atoms with Gasteiger partial charge in [0.15, 0.2) is 0 Å². The maximum absolute atomic E-state index is 13.8. The van der Waals surface area contributed by atoms with Crippen molar-refractivity contribution in [3.05, 3.63) is 101 Å². The number of amides is 1. The van der Waals surface area contributed by atoms with E-state index in [0.717, 1.165) is 23.6 Å². The molecule has 9 heteroatoms. The van der Waals surface area contributed by atoms with Crippen LogP contribution in [0.3, 0.4) is 0 Å². The minimum atomic E-state index is -1.20. The highest BCUT2D eigenvalue weighted by Gasteiger charge is 2.25. The lowest BCUT2D eigenvalue weighted by atomic mass is 10.00. The summed E-state index contributed by atoms with van der Waals surface area (Å²) in [6.07, 6.45) is -1.67. The summed E-state index contributed by atoms with van der Waals surface area (Å²) in [5.41, 5.74) is 3.95. The molecule has 38 heavy (non-hydrogen) atoms.